The fourth-order valence-corrected chi connectivity index (χ4v) is 5.81. The van der Waals surface area contributed by atoms with Gasteiger partial charge in [-0.15, -0.1) is 0 Å². The first-order chi connectivity index (χ1) is 7.02. The number of rotatable bonds is 1. The number of hydrogen-bond donors (Lipinski definition) is 0. The van der Waals surface area contributed by atoms with Gasteiger partial charge in [0.05, 0.1) is 5.31 Å². The summed E-state index contributed by atoms with van der Waals surface area (Å²) in [4.78, 5) is 22.6. The van der Waals surface area contributed by atoms with Gasteiger partial charge in [-0.1, -0.05) is 33.4 Å². The quantitative estimate of drug-likeness (QED) is 0.406. The molecule has 82 valence electrons. The maximum absolute atomic E-state index is 11.5. The van der Waals surface area contributed by atoms with Crippen molar-refractivity contribution in [1.29, 1.82) is 0 Å². The summed E-state index contributed by atoms with van der Waals surface area (Å²) < 4.78 is 4.53. The molecule has 0 amide bonds. The molecule has 15 heavy (non-hydrogen) atoms. The third-order valence-corrected chi connectivity index (χ3v) is 6.79. The number of carbonyl (C=O) groups excluding carboxylic acids is 2. The van der Waals surface area contributed by atoms with Crippen molar-refractivity contribution in [3.63, 3.8) is 0 Å². The number of halogens is 1. The van der Waals surface area contributed by atoms with Crippen LogP contribution in [0.2, 0.25) is 0 Å². The number of ether oxygens (including phenoxy) is 1. The lowest BCUT2D eigenvalue weighted by atomic mass is 10.2. The number of cyclic esters (lactones) is 2. The normalized spacial score (nSPS) is 32.7. The largest absolute Gasteiger partial charge is 0.385 e. The lowest BCUT2D eigenvalue weighted by Gasteiger charge is -2.19. The third-order valence-electron chi connectivity index (χ3n) is 2.98. The van der Waals surface area contributed by atoms with E-state index < -0.39 is 19.9 Å². The van der Waals surface area contributed by atoms with Gasteiger partial charge in [-0.2, -0.15) is 0 Å². The van der Waals surface area contributed by atoms with Crippen molar-refractivity contribution in [2.24, 2.45) is 0 Å². The minimum Gasteiger partial charge on any atom is -0.385 e. The van der Waals surface area contributed by atoms with Crippen LogP contribution in [0.3, 0.4) is 0 Å². The molecule has 2 rings (SSSR count). The molecule has 0 N–H and O–H groups in total. The summed E-state index contributed by atoms with van der Waals surface area (Å²) in [5.74, 6) is -1.19. The van der Waals surface area contributed by atoms with Crippen molar-refractivity contribution >= 4 is 31.5 Å². The van der Waals surface area contributed by atoms with Crippen LogP contribution in [0.5, 0.6) is 0 Å². The predicted octanol–water partition coefficient (Wildman–Crippen LogP) is 2.57. The second-order valence-electron chi connectivity index (χ2n) is 4.02. The average Bonchev–Trinajstić information content (AvgIpc) is 2.59. The summed E-state index contributed by atoms with van der Waals surface area (Å²) in [6.45, 7) is 4.23. The lowest BCUT2D eigenvalue weighted by Crippen LogP contribution is -2.06. The van der Waals surface area contributed by atoms with Crippen LogP contribution in [0.4, 0.5) is 0 Å². The Hall–Kier alpha value is -0.400. The number of esters is 2. The van der Waals surface area contributed by atoms with Crippen LogP contribution < -0.4 is 0 Å². The minimum atomic E-state index is -0.675. The van der Waals surface area contributed by atoms with Crippen molar-refractivity contribution in [1.82, 2.24) is 0 Å². The van der Waals surface area contributed by atoms with Crippen LogP contribution in [-0.2, 0) is 14.3 Å². The van der Waals surface area contributed by atoms with E-state index in [0.29, 0.717) is 16.6 Å². The van der Waals surface area contributed by atoms with Crippen LogP contribution in [0.1, 0.15) is 26.7 Å². The predicted molar refractivity (Wildman–Crippen MR) is 59.1 cm³/mol. The highest BCUT2D eigenvalue weighted by molar-refractivity contribution is 7.65. The first-order valence-corrected chi connectivity index (χ1v) is 6.82. The van der Waals surface area contributed by atoms with E-state index >= 15 is 0 Å². The first kappa shape index (κ1) is 11.1. The van der Waals surface area contributed by atoms with Gasteiger partial charge < -0.3 is 4.74 Å². The Kier molecular flexibility index (Phi) is 2.87. The second-order valence-corrected chi connectivity index (χ2v) is 7.43. The SMILES string of the molecule is C[C@@H]1CC[C@@H](C)P1C1=C(Cl)C(=O)OC1=O. The highest BCUT2D eigenvalue weighted by Crippen LogP contribution is 2.63. The standard InChI is InChI=1S/C10H12ClO3P/c1-5-3-4-6(2)15(5)8-7(11)9(12)14-10(8)13/h5-6H,3-4H2,1-2H3/t5-,6-/m1/s1. The molecule has 5 heteroatoms. The summed E-state index contributed by atoms with van der Waals surface area (Å²) in [6.07, 6.45) is 2.20. The highest BCUT2D eigenvalue weighted by Gasteiger charge is 2.43. The van der Waals surface area contributed by atoms with E-state index in [1.54, 1.807) is 0 Å². The Balaban J connectivity index is 2.37. The lowest BCUT2D eigenvalue weighted by molar-refractivity contribution is -0.150. The van der Waals surface area contributed by atoms with Crippen molar-refractivity contribution in [2.45, 2.75) is 38.0 Å². The fraction of sp³-hybridized carbons (Fsp3) is 0.600. The molecule has 2 heterocycles. The fourth-order valence-electron chi connectivity index (χ4n) is 2.22. The van der Waals surface area contributed by atoms with Gasteiger partial charge in [0, 0.05) is 0 Å². The second kappa shape index (κ2) is 3.88. The molecule has 1 saturated heterocycles. The van der Waals surface area contributed by atoms with E-state index in [-0.39, 0.29) is 5.03 Å². The monoisotopic (exact) mass is 246 g/mol. The zero-order valence-corrected chi connectivity index (χ0v) is 10.3. The molecule has 2 aliphatic rings. The molecule has 0 aliphatic carbocycles. The smallest absolute Gasteiger partial charge is 0.358 e. The maximum atomic E-state index is 11.5. The van der Waals surface area contributed by atoms with Gasteiger partial charge in [0.25, 0.3) is 0 Å². The number of carbonyl (C=O) groups is 2. The molecule has 2 aliphatic heterocycles. The molecule has 0 aromatic carbocycles. The van der Waals surface area contributed by atoms with Crippen molar-refractivity contribution in [3.8, 4) is 0 Å². The van der Waals surface area contributed by atoms with Gasteiger partial charge in [-0.3, -0.25) is 0 Å². The molecular weight excluding hydrogens is 235 g/mol. The maximum Gasteiger partial charge on any atom is 0.358 e. The molecule has 0 spiro atoms. The summed E-state index contributed by atoms with van der Waals surface area (Å²) >= 11 is 5.83. The van der Waals surface area contributed by atoms with Crippen LogP contribution >= 0.6 is 19.5 Å². The van der Waals surface area contributed by atoms with E-state index in [9.17, 15) is 9.59 Å². The molecular formula is C10H12ClO3P. The van der Waals surface area contributed by atoms with Crippen molar-refractivity contribution < 1.29 is 14.3 Å². The summed E-state index contributed by atoms with van der Waals surface area (Å²) in [7, 11) is -0.622. The Bertz CT molecular complexity index is 354. The van der Waals surface area contributed by atoms with E-state index in [0.717, 1.165) is 12.8 Å². The highest BCUT2D eigenvalue weighted by atomic mass is 35.5. The Labute approximate surface area is 94.6 Å². The van der Waals surface area contributed by atoms with Crippen LogP contribution in [0, 0.1) is 0 Å². The van der Waals surface area contributed by atoms with Crippen molar-refractivity contribution in [2.75, 3.05) is 0 Å². The molecule has 1 fully saturated rings. The molecule has 0 aromatic rings. The van der Waals surface area contributed by atoms with E-state index in [2.05, 4.69) is 18.6 Å². The van der Waals surface area contributed by atoms with Gasteiger partial charge in [0.15, 0.2) is 0 Å². The van der Waals surface area contributed by atoms with Gasteiger partial charge in [0.2, 0.25) is 0 Å². The van der Waals surface area contributed by atoms with Crippen LogP contribution in [-0.4, -0.2) is 23.3 Å². The number of hydrogen-bond acceptors (Lipinski definition) is 3. The minimum absolute atomic E-state index is 0.0201. The summed E-state index contributed by atoms with van der Waals surface area (Å²) in [6, 6.07) is 0. The Morgan fingerprint density at radius 1 is 1.20 bits per heavy atom. The zero-order valence-electron chi connectivity index (χ0n) is 8.62. The molecule has 3 nitrogen and oxygen atoms in total. The molecule has 0 radical (unpaired) electrons. The van der Waals surface area contributed by atoms with E-state index in [1.165, 1.54) is 0 Å². The zero-order chi connectivity index (χ0) is 11.2. The average molecular weight is 247 g/mol. The van der Waals surface area contributed by atoms with Gasteiger partial charge in [-0.05, 0) is 24.2 Å². The molecule has 0 bridgehead atoms. The van der Waals surface area contributed by atoms with Crippen LogP contribution in [0.15, 0.2) is 10.3 Å². The first-order valence-electron chi connectivity index (χ1n) is 4.97. The topological polar surface area (TPSA) is 43.4 Å². The third kappa shape index (κ3) is 1.72. The molecule has 0 unspecified atom stereocenters. The van der Waals surface area contributed by atoms with Gasteiger partial charge in [-0.25, -0.2) is 9.59 Å². The molecule has 0 saturated carbocycles. The Morgan fingerprint density at radius 3 is 2.13 bits per heavy atom. The Morgan fingerprint density at radius 2 is 1.73 bits per heavy atom. The van der Waals surface area contributed by atoms with Crippen LogP contribution in [0.25, 0.3) is 0 Å². The van der Waals surface area contributed by atoms with Gasteiger partial charge in [0.1, 0.15) is 5.03 Å². The van der Waals surface area contributed by atoms with E-state index in [1.807, 2.05) is 0 Å². The molecule has 2 atom stereocenters. The summed E-state index contributed by atoms with van der Waals surface area (Å²) in [5.41, 5.74) is 0.911. The van der Waals surface area contributed by atoms with Crippen molar-refractivity contribution in [3.05, 3.63) is 10.3 Å². The van der Waals surface area contributed by atoms with E-state index in [4.69, 9.17) is 11.6 Å². The van der Waals surface area contributed by atoms with Gasteiger partial charge >= 0.3 is 11.9 Å². The molecule has 0 aromatic heterocycles. The summed E-state index contributed by atoms with van der Waals surface area (Å²) in [5, 5.41) is 0.487.